The van der Waals surface area contributed by atoms with E-state index in [1.54, 1.807) is 0 Å². The van der Waals surface area contributed by atoms with Gasteiger partial charge in [0.15, 0.2) is 0 Å². The first-order valence-electron chi connectivity index (χ1n) is 18.9. The number of carbonyl (C=O) groups excluding carboxylic acids is 1. The summed E-state index contributed by atoms with van der Waals surface area (Å²) in [6.45, 7) is -0.264. The second kappa shape index (κ2) is 15.6. The number of thiocarbonyl (C=S) groups is 1. The van der Waals surface area contributed by atoms with Crippen LogP contribution in [0.25, 0.3) is 22.6 Å². The number of thiazole rings is 1. The highest BCUT2D eigenvalue weighted by Gasteiger charge is 2.42. The summed E-state index contributed by atoms with van der Waals surface area (Å²) >= 11 is 7.84. The second-order valence-electron chi connectivity index (χ2n) is 14.4. The summed E-state index contributed by atoms with van der Waals surface area (Å²) in [6.07, 6.45) is 7.39. The van der Waals surface area contributed by atoms with Gasteiger partial charge in [0, 0.05) is 23.3 Å². The van der Waals surface area contributed by atoms with Gasteiger partial charge in [-0.2, -0.15) is 0 Å². The lowest BCUT2D eigenvalue weighted by Gasteiger charge is -2.27. The number of aliphatic carboxylic acids is 1. The zero-order valence-corrected chi connectivity index (χ0v) is 33.2. The molecule has 2 aliphatic heterocycles. The number of hydrogen-bond acceptors (Lipinski definition) is 7. The van der Waals surface area contributed by atoms with Gasteiger partial charge >= 0.3 is 5.97 Å². The number of carboxylic acid groups (broad SMARTS) is 1. The fraction of sp³-hybridized carbons (Fsp3) is 0.149. The average Bonchev–Trinajstić information content (AvgIpc) is 3.98. The number of fused-ring (bicyclic) bond motifs is 3. The molecule has 0 radical (unpaired) electrons. The van der Waals surface area contributed by atoms with Crippen LogP contribution >= 0.6 is 35.3 Å². The Bertz CT molecular complexity index is 2700. The zero-order valence-electron chi connectivity index (χ0n) is 30.8. The number of carbonyl (C=O) groups is 2. The van der Waals surface area contributed by atoms with Gasteiger partial charge in [-0.25, -0.2) is 0 Å². The normalized spacial score (nSPS) is 18.6. The molecule has 5 aromatic carbocycles. The van der Waals surface area contributed by atoms with Gasteiger partial charge in [-0.1, -0.05) is 140 Å². The van der Waals surface area contributed by atoms with Crippen LogP contribution in [0.5, 0.6) is 0 Å². The van der Waals surface area contributed by atoms with E-state index >= 15 is 0 Å². The summed E-state index contributed by atoms with van der Waals surface area (Å²) in [5, 5.41) is 9.77. The van der Waals surface area contributed by atoms with E-state index in [2.05, 4.69) is 95.9 Å². The highest BCUT2D eigenvalue weighted by Crippen LogP contribution is 2.52. The summed E-state index contributed by atoms with van der Waals surface area (Å²) in [6, 6.07) is 46.0. The Morgan fingerprint density at radius 2 is 1.46 bits per heavy atom. The van der Waals surface area contributed by atoms with E-state index in [-0.39, 0.29) is 10.8 Å². The molecule has 282 valence electrons. The minimum atomic E-state index is -1.16. The van der Waals surface area contributed by atoms with Crippen molar-refractivity contribution in [3.63, 3.8) is 0 Å². The van der Waals surface area contributed by atoms with Gasteiger partial charge < -0.3 is 10.0 Å². The highest BCUT2D eigenvalue weighted by molar-refractivity contribution is 8.30. The number of amides is 1. The number of hydrogen-bond donors (Lipinski definition) is 1. The minimum absolute atomic E-state index is 0.273. The molecular weight excluding hydrogens is 767 g/mol. The van der Waals surface area contributed by atoms with E-state index in [4.69, 9.17) is 12.2 Å². The lowest BCUT2D eigenvalue weighted by molar-refractivity contribution is -0.137. The Labute approximate surface area is 343 Å². The molecule has 1 aromatic heterocycles. The van der Waals surface area contributed by atoms with Crippen molar-refractivity contribution in [3.05, 3.63) is 186 Å². The predicted octanol–water partition coefficient (Wildman–Crippen LogP) is 8.37. The van der Waals surface area contributed by atoms with Crippen LogP contribution in [0.2, 0.25) is 0 Å². The van der Waals surface area contributed by atoms with E-state index in [1.165, 1.54) is 37.4 Å². The first-order chi connectivity index (χ1) is 27.8. The second-order valence-corrected chi connectivity index (χ2v) is 17.1. The largest absolute Gasteiger partial charge is 0.480 e. The molecule has 0 unspecified atom stereocenters. The molecule has 1 saturated heterocycles. The Morgan fingerprint density at radius 3 is 2.12 bits per heavy atom. The molecule has 2 atom stereocenters. The Morgan fingerprint density at radius 1 is 0.807 bits per heavy atom. The molecule has 1 aliphatic carbocycles. The third-order valence-corrected chi connectivity index (χ3v) is 13.6. The van der Waals surface area contributed by atoms with E-state index in [0.717, 1.165) is 64.7 Å². The molecule has 1 amide bonds. The van der Waals surface area contributed by atoms with Crippen molar-refractivity contribution in [2.45, 2.75) is 44.3 Å². The number of aromatic nitrogens is 1. The third-order valence-electron chi connectivity index (χ3n) is 10.9. The number of thioether (sulfide) groups is 1. The summed E-state index contributed by atoms with van der Waals surface area (Å²) in [7, 11) is 0. The van der Waals surface area contributed by atoms with E-state index in [9.17, 15) is 19.5 Å². The van der Waals surface area contributed by atoms with Crippen LogP contribution in [0.15, 0.2) is 138 Å². The summed E-state index contributed by atoms with van der Waals surface area (Å²) in [5.74, 6) is -1.13. The average molecular weight is 804 g/mol. The molecule has 0 bridgehead atoms. The highest BCUT2D eigenvalue weighted by atomic mass is 32.2. The van der Waals surface area contributed by atoms with Crippen LogP contribution in [0, 0.1) is 0 Å². The number of carboxylic acids is 1. The quantitative estimate of drug-likeness (QED) is 0.116. The van der Waals surface area contributed by atoms with Gasteiger partial charge in [0.1, 0.15) is 20.4 Å². The molecule has 9 rings (SSSR count). The standard InChI is InChI=1S/C47H37N3O4S3/c51-42(52)29-48-44(53)41(56-46(48)43-45(54)49(47(55)57-43)28-31-11-4-1-5-12-31)27-32-21-24-40-38(26-32)36-17-10-18-39(36)50(40)35-22-19-30(20-23-35)25-37(33-13-6-2-7-14-33)34-15-8-3-9-16-34/h1-9,11-16,19-27,36,39H,10,17-18,28-29H2,(H,51,52)/b41-27-,46-43-/t36-,39-/m0/s1. The van der Waals surface area contributed by atoms with Crippen molar-refractivity contribution in [2.24, 2.45) is 0 Å². The molecule has 57 heavy (non-hydrogen) atoms. The van der Waals surface area contributed by atoms with Crippen LogP contribution < -0.4 is 19.7 Å². The van der Waals surface area contributed by atoms with Crippen molar-refractivity contribution in [3.8, 4) is 0 Å². The molecule has 3 aliphatic rings. The molecule has 6 aromatic rings. The zero-order chi connectivity index (χ0) is 39.0. The first kappa shape index (κ1) is 36.8. The summed E-state index contributed by atoms with van der Waals surface area (Å²) in [4.78, 5) is 43.8. The maximum Gasteiger partial charge on any atom is 0.323 e. The van der Waals surface area contributed by atoms with Crippen LogP contribution in [0.3, 0.4) is 0 Å². The van der Waals surface area contributed by atoms with Crippen LogP contribution in [-0.2, 0) is 22.7 Å². The fourth-order valence-electron chi connectivity index (χ4n) is 8.31. The van der Waals surface area contributed by atoms with Crippen molar-refractivity contribution in [1.82, 2.24) is 9.47 Å². The SMILES string of the molecule is O=C(O)Cn1c(=O)/c(=C/c2ccc3c(c2)[C@@H]2CCC[C@@H]2N3c2ccc(C=C(c3ccccc3)c3ccccc3)cc2)s/c1=C1\SC(=S)N(Cc2ccccc2)C1=O. The Hall–Kier alpha value is -5.81. The Kier molecular flexibility index (Phi) is 10.1. The minimum Gasteiger partial charge on any atom is -0.480 e. The van der Waals surface area contributed by atoms with Gasteiger partial charge in [0.25, 0.3) is 11.5 Å². The lowest BCUT2D eigenvalue weighted by Crippen LogP contribution is -2.35. The topological polar surface area (TPSA) is 82.8 Å². The van der Waals surface area contributed by atoms with Crippen molar-refractivity contribution in [1.29, 1.82) is 0 Å². The number of rotatable bonds is 9. The van der Waals surface area contributed by atoms with Gasteiger partial charge in [0.2, 0.25) is 0 Å². The maximum atomic E-state index is 13.8. The smallest absolute Gasteiger partial charge is 0.323 e. The van der Waals surface area contributed by atoms with Crippen molar-refractivity contribution < 1.29 is 14.7 Å². The third kappa shape index (κ3) is 7.20. The first-order valence-corrected chi connectivity index (χ1v) is 21.0. The lowest BCUT2D eigenvalue weighted by atomic mass is 9.95. The van der Waals surface area contributed by atoms with E-state index in [0.29, 0.717) is 32.0 Å². The fourth-order valence-corrected chi connectivity index (χ4v) is 10.8. The summed E-state index contributed by atoms with van der Waals surface area (Å²) < 4.78 is 2.24. The van der Waals surface area contributed by atoms with E-state index < -0.39 is 18.1 Å². The van der Waals surface area contributed by atoms with Gasteiger partial charge in [-0.3, -0.25) is 23.9 Å². The molecule has 0 spiro atoms. The van der Waals surface area contributed by atoms with Crippen molar-refractivity contribution in [2.75, 3.05) is 4.90 Å². The molecule has 10 heteroatoms. The molecule has 1 N–H and O–H groups in total. The van der Waals surface area contributed by atoms with Gasteiger partial charge in [-0.15, -0.1) is 11.3 Å². The molecule has 7 nitrogen and oxygen atoms in total. The van der Waals surface area contributed by atoms with Crippen molar-refractivity contribution >= 4 is 85.5 Å². The number of benzene rings is 5. The summed E-state index contributed by atoms with van der Waals surface area (Å²) in [5.41, 5.74) is 9.54. The van der Waals surface area contributed by atoms with Gasteiger partial charge in [-0.05, 0) is 88.2 Å². The van der Waals surface area contributed by atoms with Crippen LogP contribution in [0.1, 0.15) is 58.6 Å². The molecule has 1 saturated carbocycles. The molecular formula is C47H37N3O4S3. The van der Waals surface area contributed by atoms with Crippen LogP contribution in [-0.4, -0.2) is 36.8 Å². The monoisotopic (exact) mass is 803 g/mol. The maximum absolute atomic E-state index is 13.8. The molecule has 2 fully saturated rings. The predicted molar refractivity (Wildman–Crippen MR) is 235 cm³/mol. The molecule has 3 heterocycles. The van der Waals surface area contributed by atoms with Crippen LogP contribution in [0.4, 0.5) is 11.4 Å². The van der Waals surface area contributed by atoms with E-state index in [1.807, 2.05) is 54.6 Å². The van der Waals surface area contributed by atoms with Gasteiger partial charge in [0.05, 0.1) is 11.1 Å². The number of anilines is 2. The Balaban J connectivity index is 1.05. The number of nitrogens with zero attached hydrogens (tertiary/aromatic N) is 3.